The van der Waals surface area contributed by atoms with Crippen molar-refractivity contribution in [2.24, 2.45) is 0 Å². The zero-order valence-corrected chi connectivity index (χ0v) is 14.8. The van der Waals surface area contributed by atoms with Crippen molar-refractivity contribution in [3.63, 3.8) is 0 Å². The van der Waals surface area contributed by atoms with Gasteiger partial charge in [0.25, 0.3) is 0 Å². The number of carbonyl (C=O) groups excluding carboxylic acids is 1. The van der Waals surface area contributed by atoms with Crippen LogP contribution in [0.3, 0.4) is 0 Å². The molecule has 134 valence electrons. The number of aliphatic hydroxyl groups excluding tert-OH is 1. The predicted octanol–water partition coefficient (Wildman–Crippen LogP) is 4.15. The first-order valence-electron chi connectivity index (χ1n) is 9.26. The van der Waals surface area contributed by atoms with Gasteiger partial charge in [0.15, 0.2) is 0 Å². The van der Waals surface area contributed by atoms with E-state index in [-0.39, 0.29) is 18.2 Å². The van der Waals surface area contributed by atoms with Crippen LogP contribution < -0.4 is 0 Å². The summed E-state index contributed by atoms with van der Waals surface area (Å²) in [6.07, 6.45) is 15.7. The van der Waals surface area contributed by atoms with E-state index in [9.17, 15) is 9.90 Å². The number of hydrogen-bond acceptors (Lipinski definition) is 4. The quantitative estimate of drug-likeness (QED) is 0.225. The molecule has 3 atom stereocenters. The van der Waals surface area contributed by atoms with Gasteiger partial charge in [-0.2, -0.15) is 0 Å². The molecule has 0 aliphatic carbocycles. The summed E-state index contributed by atoms with van der Waals surface area (Å²) in [7, 11) is 1.44. The fourth-order valence-electron chi connectivity index (χ4n) is 2.74. The Balaban J connectivity index is 1.91. The van der Waals surface area contributed by atoms with Crippen LogP contribution in [0.4, 0.5) is 0 Å². The lowest BCUT2D eigenvalue weighted by molar-refractivity contribution is -0.140. The lowest BCUT2D eigenvalue weighted by Gasteiger charge is -2.03. The molecule has 0 saturated carbocycles. The lowest BCUT2D eigenvalue weighted by atomic mass is 10.1. The summed E-state index contributed by atoms with van der Waals surface area (Å²) in [6, 6.07) is 0. The third-order valence-electron chi connectivity index (χ3n) is 4.35. The van der Waals surface area contributed by atoms with Crippen molar-refractivity contribution in [2.45, 2.75) is 95.9 Å². The van der Waals surface area contributed by atoms with Gasteiger partial charge in [-0.3, -0.25) is 4.79 Å². The van der Waals surface area contributed by atoms with E-state index in [2.05, 4.69) is 11.7 Å². The topological polar surface area (TPSA) is 59.1 Å². The van der Waals surface area contributed by atoms with Crippen molar-refractivity contribution >= 4 is 5.97 Å². The number of unbranched alkanes of at least 4 members (excludes halogenated alkanes) is 6. The van der Waals surface area contributed by atoms with Crippen molar-refractivity contribution in [3.8, 4) is 0 Å². The van der Waals surface area contributed by atoms with E-state index in [0.29, 0.717) is 12.5 Å². The van der Waals surface area contributed by atoms with Crippen LogP contribution in [0.15, 0.2) is 12.2 Å². The number of carbonyl (C=O) groups is 1. The first-order chi connectivity index (χ1) is 11.2. The average molecular weight is 326 g/mol. The molecule has 0 aromatic carbocycles. The summed E-state index contributed by atoms with van der Waals surface area (Å²) >= 11 is 0. The molecule has 4 nitrogen and oxygen atoms in total. The van der Waals surface area contributed by atoms with Gasteiger partial charge < -0.3 is 14.6 Å². The van der Waals surface area contributed by atoms with E-state index in [0.717, 1.165) is 32.1 Å². The van der Waals surface area contributed by atoms with Crippen LogP contribution in [0.2, 0.25) is 0 Å². The minimum atomic E-state index is -0.318. The number of epoxide rings is 1. The number of hydrogen-bond donors (Lipinski definition) is 1. The van der Waals surface area contributed by atoms with Crippen LogP contribution in [0, 0.1) is 0 Å². The SMILES string of the molecule is CCCCC[C@H](O)/C=C/[C@H]1O[C@@H]1CCCCCCCC(=O)OC. The number of aliphatic hydroxyl groups is 1. The van der Waals surface area contributed by atoms with E-state index in [1.54, 1.807) is 0 Å². The highest BCUT2D eigenvalue weighted by atomic mass is 16.6. The molecule has 0 spiro atoms. The van der Waals surface area contributed by atoms with Gasteiger partial charge in [-0.1, -0.05) is 64.0 Å². The van der Waals surface area contributed by atoms with Crippen molar-refractivity contribution in [1.82, 2.24) is 0 Å². The second-order valence-electron chi connectivity index (χ2n) is 6.47. The second kappa shape index (κ2) is 12.5. The Morgan fingerprint density at radius 1 is 1.17 bits per heavy atom. The van der Waals surface area contributed by atoms with Gasteiger partial charge in [0, 0.05) is 6.42 Å². The monoisotopic (exact) mass is 326 g/mol. The zero-order chi connectivity index (χ0) is 16.9. The van der Waals surface area contributed by atoms with Crippen LogP contribution >= 0.6 is 0 Å². The number of ether oxygens (including phenoxy) is 2. The number of esters is 1. The van der Waals surface area contributed by atoms with Crippen LogP contribution in [-0.4, -0.2) is 36.5 Å². The van der Waals surface area contributed by atoms with Crippen molar-refractivity contribution in [1.29, 1.82) is 0 Å². The summed E-state index contributed by atoms with van der Waals surface area (Å²) in [5.74, 6) is -0.108. The van der Waals surface area contributed by atoms with Gasteiger partial charge >= 0.3 is 5.97 Å². The highest BCUT2D eigenvalue weighted by Gasteiger charge is 2.35. The highest BCUT2D eigenvalue weighted by molar-refractivity contribution is 5.68. The molecule has 1 saturated heterocycles. The third kappa shape index (κ3) is 10.5. The minimum absolute atomic E-state index is 0.108. The molecule has 1 N–H and O–H groups in total. The van der Waals surface area contributed by atoms with Crippen LogP contribution in [0.25, 0.3) is 0 Å². The molecule has 0 amide bonds. The Morgan fingerprint density at radius 2 is 1.91 bits per heavy atom. The fourth-order valence-corrected chi connectivity index (χ4v) is 2.74. The normalized spacial score (nSPS) is 21.5. The first-order valence-corrected chi connectivity index (χ1v) is 9.26. The predicted molar refractivity (Wildman–Crippen MR) is 92.3 cm³/mol. The van der Waals surface area contributed by atoms with E-state index in [4.69, 9.17) is 4.74 Å². The molecule has 1 aliphatic rings. The summed E-state index contributed by atoms with van der Waals surface area (Å²) in [6.45, 7) is 2.17. The maximum absolute atomic E-state index is 11.0. The van der Waals surface area contributed by atoms with Crippen molar-refractivity contribution < 1.29 is 19.4 Å². The Hall–Kier alpha value is -0.870. The molecule has 1 rings (SSSR count). The van der Waals surface area contributed by atoms with E-state index in [1.807, 2.05) is 12.2 Å². The lowest BCUT2D eigenvalue weighted by Crippen LogP contribution is -2.02. The van der Waals surface area contributed by atoms with Gasteiger partial charge in [-0.15, -0.1) is 0 Å². The number of rotatable bonds is 14. The maximum atomic E-state index is 11.0. The fraction of sp³-hybridized carbons (Fsp3) is 0.842. The van der Waals surface area contributed by atoms with E-state index in [1.165, 1.54) is 39.2 Å². The molecule has 0 bridgehead atoms. The average Bonchev–Trinajstić information content (AvgIpc) is 3.30. The molecular formula is C19H34O4. The summed E-state index contributed by atoms with van der Waals surface area (Å²) < 4.78 is 10.2. The van der Waals surface area contributed by atoms with Crippen LogP contribution in [-0.2, 0) is 14.3 Å². The second-order valence-corrected chi connectivity index (χ2v) is 6.47. The number of methoxy groups -OCH3 is 1. The van der Waals surface area contributed by atoms with Gasteiger partial charge in [-0.25, -0.2) is 0 Å². The standard InChI is InChI=1S/C19H34O4/c1-3-4-8-11-16(20)14-15-18-17(23-18)12-9-6-5-7-10-13-19(21)22-2/h14-18,20H,3-13H2,1-2H3/b15-14+/t16-,17+,18+/m0/s1. The van der Waals surface area contributed by atoms with E-state index >= 15 is 0 Å². The Bertz CT molecular complexity index is 340. The van der Waals surface area contributed by atoms with Gasteiger partial charge in [0.2, 0.25) is 0 Å². The molecule has 0 aromatic rings. The van der Waals surface area contributed by atoms with E-state index < -0.39 is 0 Å². The molecule has 0 aromatic heterocycles. The van der Waals surface area contributed by atoms with Gasteiger partial charge in [-0.05, 0) is 19.3 Å². The maximum Gasteiger partial charge on any atom is 0.305 e. The van der Waals surface area contributed by atoms with Crippen LogP contribution in [0.1, 0.15) is 77.6 Å². The molecule has 1 aliphatic heterocycles. The Labute approximate surface area is 141 Å². The van der Waals surface area contributed by atoms with Crippen molar-refractivity contribution in [3.05, 3.63) is 12.2 Å². The molecule has 23 heavy (non-hydrogen) atoms. The molecule has 1 fully saturated rings. The van der Waals surface area contributed by atoms with Gasteiger partial charge in [0.05, 0.1) is 19.3 Å². The Morgan fingerprint density at radius 3 is 2.65 bits per heavy atom. The summed E-state index contributed by atoms with van der Waals surface area (Å²) in [4.78, 5) is 11.0. The molecule has 0 radical (unpaired) electrons. The summed E-state index contributed by atoms with van der Waals surface area (Å²) in [5, 5.41) is 9.82. The molecule has 4 heteroatoms. The molecule has 1 heterocycles. The molecule has 0 unspecified atom stereocenters. The van der Waals surface area contributed by atoms with Crippen LogP contribution in [0.5, 0.6) is 0 Å². The summed E-state index contributed by atoms with van der Waals surface area (Å²) in [5.41, 5.74) is 0. The first kappa shape index (κ1) is 20.2. The molecular weight excluding hydrogens is 292 g/mol. The third-order valence-corrected chi connectivity index (χ3v) is 4.35. The Kier molecular flexibility index (Phi) is 11.0. The zero-order valence-electron chi connectivity index (χ0n) is 14.8. The smallest absolute Gasteiger partial charge is 0.305 e. The van der Waals surface area contributed by atoms with Gasteiger partial charge in [0.1, 0.15) is 6.10 Å². The highest BCUT2D eigenvalue weighted by Crippen LogP contribution is 2.29. The largest absolute Gasteiger partial charge is 0.469 e. The van der Waals surface area contributed by atoms with Crippen molar-refractivity contribution in [2.75, 3.05) is 7.11 Å². The minimum Gasteiger partial charge on any atom is -0.469 e.